The van der Waals surface area contributed by atoms with Gasteiger partial charge >= 0.3 is 0 Å². The minimum absolute atomic E-state index is 0.0994. The molecule has 0 aromatic heterocycles. The van der Waals surface area contributed by atoms with Crippen LogP contribution in [0.4, 0.5) is 5.69 Å². The number of benzene rings is 2. The number of hydrogen-bond donors (Lipinski definition) is 0. The predicted molar refractivity (Wildman–Crippen MR) is 87.3 cm³/mol. The number of Topliss-reactive ketones (excluding diaryl/α,β-unsaturated/α-hetero) is 1. The Bertz CT molecular complexity index is 701. The number of rotatable bonds is 3. The maximum absolute atomic E-state index is 12.0. The average Bonchev–Trinajstić information content (AvgIpc) is 2.87. The fourth-order valence-corrected chi connectivity index (χ4v) is 2.79. The Morgan fingerprint density at radius 1 is 1.14 bits per heavy atom. The van der Waals surface area contributed by atoms with Gasteiger partial charge in [0.1, 0.15) is 0 Å². The molecule has 0 saturated carbocycles. The van der Waals surface area contributed by atoms with E-state index in [0.29, 0.717) is 0 Å². The maximum atomic E-state index is 12.0. The molecule has 0 aliphatic carbocycles. The topological polar surface area (TPSA) is 20.3 Å². The zero-order valence-electron chi connectivity index (χ0n) is 12.5. The Morgan fingerprint density at radius 2 is 1.90 bits per heavy atom. The van der Waals surface area contributed by atoms with Crippen LogP contribution in [0.15, 0.2) is 54.7 Å². The van der Waals surface area contributed by atoms with Gasteiger partial charge in [0.05, 0.1) is 0 Å². The van der Waals surface area contributed by atoms with Gasteiger partial charge < -0.3 is 4.90 Å². The van der Waals surface area contributed by atoms with Crippen molar-refractivity contribution in [3.63, 3.8) is 0 Å². The monoisotopic (exact) mass is 277 g/mol. The van der Waals surface area contributed by atoms with Crippen LogP contribution in [0.2, 0.25) is 0 Å². The summed E-state index contributed by atoms with van der Waals surface area (Å²) < 4.78 is 0. The first kappa shape index (κ1) is 13.6. The zero-order chi connectivity index (χ0) is 14.8. The third-order valence-corrected chi connectivity index (χ3v) is 3.92. The highest BCUT2D eigenvalue weighted by Crippen LogP contribution is 2.30. The minimum Gasteiger partial charge on any atom is -0.347 e. The van der Waals surface area contributed by atoms with Gasteiger partial charge in [0.15, 0.2) is 5.78 Å². The number of fused-ring (bicyclic) bond motifs is 1. The van der Waals surface area contributed by atoms with Crippen LogP contribution in [0.3, 0.4) is 0 Å². The van der Waals surface area contributed by atoms with E-state index < -0.39 is 0 Å². The van der Waals surface area contributed by atoms with Crippen LogP contribution in [-0.4, -0.2) is 12.3 Å². The van der Waals surface area contributed by atoms with E-state index in [0.717, 1.165) is 24.1 Å². The van der Waals surface area contributed by atoms with Crippen molar-refractivity contribution in [1.82, 2.24) is 0 Å². The van der Waals surface area contributed by atoms with E-state index in [9.17, 15) is 4.79 Å². The Morgan fingerprint density at radius 3 is 2.62 bits per heavy atom. The van der Waals surface area contributed by atoms with Crippen LogP contribution in [0.25, 0.3) is 5.57 Å². The zero-order valence-corrected chi connectivity index (χ0v) is 12.5. The van der Waals surface area contributed by atoms with Gasteiger partial charge in [-0.15, -0.1) is 0 Å². The van der Waals surface area contributed by atoms with E-state index in [4.69, 9.17) is 0 Å². The summed E-state index contributed by atoms with van der Waals surface area (Å²) in [6.07, 6.45) is 3.04. The molecule has 21 heavy (non-hydrogen) atoms. The molecule has 2 aromatic rings. The maximum Gasteiger partial charge on any atom is 0.161 e. The van der Waals surface area contributed by atoms with Crippen LogP contribution in [0.1, 0.15) is 23.6 Å². The van der Waals surface area contributed by atoms with Crippen LogP contribution < -0.4 is 4.90 Å². The third-order valence-electron chi connectivity index (χ3n) is 3.92. The summed E-state index contributed by atoms with van der Waals surface area (Å²) in [5.41, 5.74) is 5.58. The smallest absolute Gasteiger partial charge is 0.161 e. The lowest BCUT2D eigenvalue weighted by Crippen LogP contribution is -2.14. The molecule has 2 nitrogen and oxygen atoms in total. The van der Waals surface area contributed by atoms with Crippen LogP contribution in [-0.2, 0) is 11.2 Å². The molecule has 2 aromatic carbocycles. The van der Waals surface area contributed by atoms with E-state index in [2.05, 4.69) is 30.0 Å². The second-order valence-electron chi connectivity index (χ2n) is 5.54. The minimum atomic E-state index is 0.0994. The molecule has 0 saturated heterocycles. The summed E-state index contributed by atoms with van der Waals surface area (Å²) >= 11 is 0. The Kier molecular flexibility index (Phi) is 3.61. The van der Waals surface area contributed by atoms with Gasteiger partial charge in [-0.3, -0.25) is 4.79 Å². The summed E-state index contributed by atoms with van der Waals surface area (Å²) in [6.45, 7) is 4.66. The molecule has 2 heteroatoms. The Labute approximate surface area is 125 Å². The van der Waals surface area contributed by atoms with Crippen molar-refractivity contribution < 1.29 is 4.79 Å². The van der Waals surface area contributed by atoms with Crippen molar-refractivity contribution in [1.29, 1.82) is 0 Å². The van der Waals surface area contributed by atoms with Gasteiger partial charge in [-0.2, -0.15) is 0 Å². The first-order valence-corrected chi connectivity index (χ1v) is 7.29. The number of ketones is 1. The fraction of sp³-hybridized carbons (Fsp3) is 0.211. The molecule has 0 amide bonds. The van der Waals surface area contributed by atoms with Gasteiger partial charge in [0, 0.05) is 24.0 Å². The number of carbonyl (C=O) groups is 1. The summed E-state index contributed by atoms with van der Waals surface area (Å²) in [4.78, 5) is 14.2. The molecule has 0 bridgehead atoms. The van der Waals surface area contributed by atoms with Crippen LogP contribution in [0, 0.1) is 6.92 Å². The van der Waals surface area contributed by atoms with E-state index in [1.54, 1.807) is 6.92 Å². The molecule has 106 valence electrons. The highest BCUT2D eigenvalue weighted by atomic mass is 16.1. The summed E-state index contributed by atoms with van der Waals surface area (Å²) in [5, 5.41) is 0. The molecule has 0 N–H and O–H groups in total. The molecule has 3 rings (SSSR count). The molecular weight excluding hydrogens is 258 g/mol. The van der Waals surface area contributed by atoms with E-state index in [1.807, 2.05) is 36.5 Å². The molecule has 0 spiro atoms. The van der Waals surface area contributed by atoms with Crippen molar-refractivity contribution in [2.24, 2.45) is 0 Å². The molecule has 1 aliphatic rings. The predicted octanol–water partition coefficient (Wildman–Crippen LogP) is 3.99. The number of anilines is 1. The molecule has 0 fully saturated rings. The summed E-state index contributed by atoms with van der Waals surface area (Å²) in [7, 11) is 0. The largest absolute Gasteiger partial charge is 0.347 e. The van der Waals surface area contributed by atoms with Gasteiger partial charge in [-0.1, -0.05) is 42.5 Å². The number of carbonyl (C=O) groups excluding carboxylic acids is 1. The molecule has 0 unspecified atom stereocenters. The second kappa shape index (κ2) is 5.57. The van der Waals surface area contributed by atoms with Crippen molar-refractivity contribution in [2.45, 2.75) is 20.3 Å². The highest BCUT2D eigenvalue weighted by molar-refractivity contribution is 6.19. The normalized spacial score (nSPS) is 14.2. The van der Waals surface area contributed by atoms with E-state index >= 15 is 0 Å². The number of allylic oxidation sites excluding steroid dienone is 1. The standard InChI is InChI=1S/C19H19NO/c1-14-8-9-17-10-11-20(19(17)12-14)13-18(15(2)21)16-6-4-3-5-7-16/h3-9,12-13H,10-11H2,1-2H3/b18-13+. The molecule has 1 heterocycles. The SMILES string of the molecule is CC(=O)/C(=C\N1CCc2ccc(C)cc21)c1ccccc1. The van der Waals surface area contributed by atoms with Gasteiger partial charge in [0.25, 0.3) is 0 Å². The van der Waals surface area contributed by atoms with E-state index in [-0.39, 0.29) is 5.78 Å². The molecule has 0 atom stereocenters. The second-order valence-corrected chi connectivity index (χ2v) is 5.54. The van der Waals surface area contributed by atoms with Gasteiger partial charge in [-0.05, 0) is 43.0 Å². The Balaban J connectivity index is 2.01. The van der Waals surface area contributed by atoms with Crippen molar-refractivity contribution in [2.75, 3.05) is 11.4 Å². The van der Waals surface area contributed by atoms with Crippen molar-refractivity contribution in [3.8, 4) is 0 Å². The number of hydrogen-bond acceptors (Lipinski definition) is 2. The number of aryl methyl sites for hydroxylation is 1. The lowest BCUT2D eigenvalue weighted by molar-refractivity contribution is -0.111. The average molecular weight is 277 g/mol. The number of nitrogens with zero attached hydrogens (tertiary/aromatic N) is 1. The quantitative estimate of drug-likeness (QED) is 0.791. The molecular formula is C19H19NO. The lowest BCUT2D eigenvalue weighted by atomic mass is 10.0. The van der Waals surface area contributed by atoms with Crippen LogP contribution >= 0.6 is 0 Å². The first-order valence-electron chi connectivity index (χ1n) is 7.29. The summed E-state index contributed by atoms with van der Waals surface area (Å²) in [5.74, 6) is 0.0994. The summed E-state index contributed by atoms with van der Waals surface area (Å²) in [6, 6.07) is 16.4. The van der Waals surface area contributed by atoms with Crippen LogP contribution in [0.5, 0.6) is 0 Å². The molecule has 0 radical (unpaired) electrons. The lowest BCUT2D eigenvalue weighted by Gasteiger charge is -2.17. The first-order chi connectivity index (χ1) is 10.1. The van der Waals surface area contributed by atoms with Crippen molar-refractivity contribution in [3.05, 3.63) is 71.4 Å². The Hall–Kier alpha value is -2.35. The fourth-order valence-electron chi connectivity index (χ4n) is 2.79. The van der Waals surface area contributed by atoms with E-state index in [1.165, 1.54) is 16.8 Å². The van der Waals surface area contributed by atoms with Gasteiger partial charge in [-0.25, -0.2) is 0 Å². The van der Waals surface area contributed by atoms with Gasteiger partial charge in [0.2, 0.25) is 0 Å². The van der Waals surface area contributed by atoms with Crippen molar-refractivity contribution >= 4 is 17.0 Å². The highest BCUT2D eigenvalue weighted by Gasteiger charge is 2.19. The third kappa shape index (κ3) is 2.75. The molecule has 1 aliphatic heterocycles.